The first-order valence-electron chi connectivity index (χ1n) is 9.92. The van der Waals surface area contributed by atoms with Crippen LogP contribution in [0.25, 0.3) is 0 Å². The molecule has 3 aliphatic rings. The van der Waals surface area contributed by atoms with Crippen molar-refractivity contribution in [3.63, 3.8) is 0 Å². The number of unbranched alkanes of at least 4 members (excludes halogenated alkanes) is 2. The quantitative estimate of drug-likeness (QED) is 0.480. The Hall–Kier alpha value is -2.36. The van der Waals surface area contributed by atoms with Gasteiger partial charge in [-0.15, -0.1) is 0 Å². The first-order valence-corrected chi connectivity index (χ1v) is 9.92. The number of carbonyl (C=O) groups is 3. The van der Waals surface area contributed by atoms with E-state index in [1.165, 1.54) is 12.0 Å². The smallest absolute Gasteiger partial charge is 0.325 e. The van der Waals surface area contributed by atoms with Gasteiger partial charge in [-0.05, 0) is 6.42 Å². The maximum atomic E-state index is 12.6. The van der Waals surface area contributed by atoms with Gasteiger partial charge in [-0.25, -0.2) is 9.79 Å². The molecular weight excluding hydrogens is 364 g/mol. The number of imide groups is 1. The minimum atomic E-state index is -0.494. The van der Waals surface area contributed by atoms with Crippen LogP contribution in [0.2, 0.25) is 0 Å². The number of hydrogen-bond donors (Lipinski definition) is 1. The molecule has 0 aromatic heterocycles. The molecule has 0 radical (unpaired) electrons. The van der Waals surface area contributed by atoms with Gasteiger partial charge in [0.1, 0.15) is 0 Å². The molecule has 28 heavy (non-hydrogen) atoms. The lowest BCUT2D eigenvalue weighted by molar-refractivity contribution is -0.142. The van der Waals surface area contributed by atoms with Gasteiger partial charge in [0.2, 0.25) is 0 Å². The summed E-state index contributed by atoms with van der Waals surface area (Å²) in [6.45, 7) is 5.99. The standard InChI is InChI=1S/C18H30N6O4/c1-4-5-6-7-24-14-15(21(2)18(27)20-16(14)26)19-17(24)23-10-8-22(9-11-23)12-13(25)28-3/h14-15H,4-12H2,1-3H3,(H,20,26,27). The van der Waals surface area contributed by atoms with Crippen molar-refractivity contribution in [2.45, 2.75) is 38.4 Å². The van der Waals surface area contributed by atoms with Gasteiger partial charge in [-0.3, -0.25) is 19.8 Å². The zero-order chi connectivity index (χ0) is 20.3. The van der Waals surface area contributed by atoms with Crippen molar-refractivity contribution in [1.82, 2.24) is 24.9 Å². The highest BCUT2D eigenvalue weighted by Crippen LogP contribution is 2.26. The predicted molar refractivity (Wildman–Crippen MR) is 103 cm³/mol. The van der Waals surface area contributed by atoms with E-state index in [1.54, 1.807) is 7.05 Å². The predicted octanol–water partition coefficient (Wildman–Crippen LogP) is -0.485. The molecule has 1 N–H and O–H groups in total. The van der Waals surface area contributed by atoms with Crippen LogP contribution in [0.5, 0.6) is 0 Å². The van der Waals surface area contributed by atoms with E-state index < -0.39 is 18.2 Å². The van der Waals surface area contributed by atoms with Gasteiger partial charge in [0.15, 0.2) is 18.2 Å². The first kappa shape index (κ1) is 20.4. The van der Waals surface area contributed by atoms with Gasteiger partial charge < -0.3 is 19.4 Å². The molecule has 2 saturated heterocycles. The largest absolute Gasteiger partial charge is 0.468 e. The van der Waals surface area contributed by atoms with Gasteiger partial charge in [0.05, 0.1) is 13.7 Å². The molecule has 3 aliphatic heterocycles. The SMILES string of the molecule is CCCCCN1C(N2CCN(CC(=O)OC)CC2)=NC2C1C(=O)NC(=O)N2C. The highest BCUT2D eigenvalue weighted by molar-refractivity contribution is 6.03. The molecular formula is C18H30N6O4. The number of hydrogen-bond acceptors (Lipinski definition) is 8. The number of ether oxygens (including phenoxy) is 1. The molecule has 10 heteroatoms. The summed E-state index contributed by atoms with van der Waals surface area (Å²) in [6.07, 6.45) is 2.63. The van der Waals surface area contributed by atoms with E-state index in [4.69, 9.17) is 9.73 Å². The topological polar surface area (TPSA) is 97.8 Å². The van der Waals surface area contributed by atoms with Gasteiger partial charge in [0, 0.05) is 39.8 Å². The summed E-state index contributed by atoms with van der Waals surface area (Å²) in [7, 11) is 3.06. The fourth-order valence-corrected chi connectivity index (χ4v) is 3.90. The van der Waals surface area contributed by atoms with E-state index in [1.807, 2.05) is 0 Å². The maximum Gasteiger partial charge on any atom is 0.325 e. The van der Waals surface area contributed by atoms with E-state index in [-0.39, 0.29) is 18.4 Å². The van der Waals surface area contributed by atoms with E-state index >= 15 is 0 Å². The Morgan fingerprint density at radius 3 is 2.57 bits per heavy atom. The number of amides is 3. The Kier molecular flexibility index (Phi) is 6.38. The molecule has 0 aromatic rings. The van der Waals surface area contributed by atoms with Crippen LogP contribution in [0.1, 0.15) is 26.2 Å². The lowest BCUT2D eigenvalue weighted by Gasteiger charge is -2.40. The molecule has 2 fully saturated rings. The number of piperazine rings is 1. The number of fused-ring (bicyclic) bond motifs is 1. The molecule has 0 spiro atoms. The molecule has 0 bridgehead atoms. The molecule has 0 saturated carbocycles. The van der Waals surface area contributed by atoms with Crippen LogP contribution >= 0.6 is 0 Å². The number of urea groups is 1. The number of aliphatic imine (C=N–C) groups is 1. The average molecular weight is 394 g/mol. The fraction of sp³-hybridized carbons (Fsp3) is 0.778. The minimum Gasteiger partial charge on any atom is -0.468 e. The third-order valence-corrected chi connectivity index (χ3v) is 5.58. The average Bonchev–Trinajstić information content (AvgIpc) is 3.07. The van der Waals surface area contributed by atoms with Gasteiger partial charge >= 0.3 is 12.0 Å². The summed E-state index contributed by atoms with van der Waals surface area (Å²) in [5, 5.41) is 2.43. The summed E-state index contributed by atoms with van der Waals surface area (Å²) < 4.78 is 4.74. The molecule has 2 atom stereocenters. The number of nitrogens with zero attached hydrogens (tertiary/aromatic N) is 5. The number of carbonyl (C=O) groups excluding carboxylic acids is 3. The molecule has 156 valence electrons. The van der Waals surface area contributed by atoms with Gasteiger partial charge in [0.25, 0.3) is 5.91 Å². The number of nitrogens with one attached hydrogen (secondary N) is 1. The second-order valence-corrected chi connectivity index (χ2v) is 7.43. The monoisotopic (exact) mass is 394 g/mol. The summed E-state index contributed by atoms with van der Waals surface area (Å²) in [5.41, 5.74) is 0. The third-order valence-electron chi connectivity index (χ3n) is 5.58. The highest BCUT2D eigenvalue weighted by atomic mass is 16.5. The van der Waals surface area contributed by atoms with Crippen molar-refractivity contribution in [2.24, 2.45) is 4.99 Å². The Morgan fingerprint density at radius 2 is 1.93 bits per heavy atom. The molecule has 3 heterocycles. The summed E-state index contributed by atoms with van der Waals surface area (Å²) in [5.74, 6) is 0.254. The van der Waals surface area contributed by atoms with E-state index in [0.29, 0.717) is 26.2 Å². The van der Waals surface area contributed by atoms with E-state index in [9.17, 15) is 14.4 Å². The Labute approximate surface area is 165 Å². The lowest BCUT2D eigenvalue weighted by Crippen LogP contribution is -2.64. The van der Waals surface area contributed by atoms with Crippen molar-refractivity contribution in [1.29, 1.82) is 0 Å². The molecule has 0 aromatic carbocycles. The van der Waals surface area contributed by atoms with Crippen LogP contribution in [0.4, 0.5) is 4.79 Å². The van der Waals surface area contributed by atoms with Crippen molar-refractivity contribution >= 4 is 23.9 Å². The maximum absolute atomic E-state index is 12.6. The molecule has 3 rings (SSSR count). The lowest BCUT2D eigenvalue weighted by atomic mass is 10.1. The Balaban J connectivity index is 1.73. The van der Waals surface area contributed by atoms with Crippen molar-refractivity contribution in [3.05, 3.63) is 0 Å². The summed E-state index contributed by atoms with van der Waals surface area (Å²) in [6, 6.07) is -0.893. The first-order chi connectivity index (χ1) is 13.5. The number of guanidine groups is 1. The van der Waals surface area contributed by atoms with E-state index in [0.717, 1.165) is 31.8 Å². The summed E-state index contributed by atoms with van der Waals surface area (Å²) in [4.78, 5) is 48.6. The fourth-order valence-electron chi connectivity index (χ4n) is 3.90. The van der Waals surface area contributed by atoms with Crippen LogP contribution in [-0.2, 0) is 14.3 Å². The van der Waals surface area contributed by atoms with Crippen LogP contribution in [0.15, 0.2) is 4.99 Å². The number of likely N-dealkylation sites (N-methyl/N-ethyl adjacent to an activating group) is 1. The summed E-state index contributed by atoms with van der Waals surface area (Å²) >= 11 is 0. The Bertz CT molecular complexity index is 646. The number of methoxy groups -OCH3 is 1. The molecule has 0 aliphatic carbocycles. The number of esters is 1. The molecule has 3 amide bonds. The van der Waals surface area contributed by atoms with E-state index in [2.05, 4.69) is 26.9 Å². The zero-order valence-electron chi connectivity index (χ0n) is 16.9. The van der Waals surface area contributed by atoms with Crippen LogP contribution in [-0.4, -0.2) is 109 Å². The Morgan fingerprint density at radius 1 is 1.21 bits per heavy atom. The van der Waals surface area contributed by atoms with Crippen molar-refractivity contribution in [2.75, 3.05) is 53.4 Å². The minimum absolute atomic E-state index is 0.240. The second-order valence-electron chi connectivity index (χ2n) is 7.43. The van der Waals surface area contributed by atoms with Gasteiger partial charge in [-0.1, -0.05) is 19.8 Å². The number of rotatable bonds is 6. The molecule has 10 nitrogen and oxygen atoms in total. The van der Waals surface area contributed by atoms with Gasteiger partial charge in [-0.2, -0.15) is 0 Å². The normalized spacial score (nSPS) is 25.5. The molecule has 2 unspecified atom stereocenters. The zero-order valence-corrected chi connectivity index (χ0v) is 16.9. The van der Waals surface area contributed by atoms with Crippen molar-refractivity contribution in [3.8, 4) is 0 Å². The van der Waals surface area contributed by atoms with Crippen LogP contribution in [0.3, 0.4) is 0 Å². The van der Waals surface area contributed by atoms with Crippen LogP contribution < -0.4 is 5.32 Å². The second kappa shape index (κ2) is 8.76. The van der Waals surface area contributed by atoms with Crippen molar-refractivity contribution < 1.29 is 19.1 Å². The third kappa shape index (κ3) is 4.06. The highest BCUT2D eigenvalue weighted by Gasteiger charge is 2.49. The van der Waals surface area contributed by atoms with Crippen LogP contribution in [0, 0.1) is 0 Å².